The summed E-state index contributed by atoms with van der Waals surface area (Å²) in [5.41, 5.74) is 9.50. The topological polar surface area (TPSA) is 146 Å². The van der Waals surface area contributed by atoms with Crippen molar-refractivity contribution in [2.75, 3.05) is 26.4 Å². The molecule has 3 N–H and O–H groups in total. The second kappa shape index (κ2) is 16.2. The van der Waals surface area contributed by atoms with Crippen LogP contribution in [0.5, 0.6) is 0 Å². The smallest absolute Gasteiger partial charge is 0.408 e. The maximum Gasteiger partial charge on any atom is 0.408 e. The number of nitrogens with zero attached hydrogens (tertiary/aromatic N) is 3. The normalized spacial score (nSPS) is 35.1. The summed E-state index contributed by atoms with van der Waals surface area (Å²) in [6.07, 6.45) is 20.2. The molecule has 10 atom stereocenters. The fraction of sp³-hybridized carbons (Fsp3) is 0.829. The molecule has 0 heterocycles. The fourth-order valence-corrected chi connectivity index (χ4v) is 10.0. The van der Waals surface area contributed by atoms with Gasteiger partial charge in [0.2, 0.25) is 5.91 Å². The van der Waals surface area contributed by atoms with Crippen molar-refractivity contribution >= 4 is 12.0 Å². The SMILES string of the molecule is C#CCCOCCOC(=O)NC(CN=[N+]=[N-])NC(=O)C=CCC[C@@H](C)[C@H]1CC[C@H]2[C@@H]3CC[C@@H]4C[C@H](O)CC[C@]4(C)[C@H]3CC[C@]12C. The summed E-state index contributed by atoms with van der Waals surface area (Å²) in [4.78, 5) is 27.4. The van der Waals surface area contributed by atoms with E-state index < -0.39 is 12.3 Å². The first-order valence-electron chi connectivity index (χ1n) is 17.2. The Labute approximate surface area is 269 Å². The fourth-order valence-electron chi connectivity index (χ4n) is 10.0. The van der Waals surface area contributed by atoms with Crippen LogP contribution in [-0.2, 0) is 14.3 Å². The van der Waals surface area contributed by atoms with Gasteiger partial charge in [-0.3, -0.25) is 4.79 Å². The number of hydrogen-bond acceptors (Lipinski definition) is 6. The molecule has 4 fully saturated rings. The summed E-state index contributed by atoms with van der Waals surface area (Å²) in [6.45, 7) is 8.01. The quantitative estimate of drug-likeness (QED) is 0.0384. The van der Waals surface area contributed by atoms with Crippen LogP contribution in [0.1, 0.15) is 97.8 Å². The molecular weight excluding hydrogens is 570 g/mol. The molecule has 0 aromatic carbocycles. The number of rotatable bonds is 14. The molecule has 4 aliphatic rings. The third-order valence-electron chi connectivity index (χ3n) is 12.2. The summed E-state index contributed by atoms with van der Waals surface area (Å²) in [6, 6.07) is 0. The average Bonchev–Trinajstić information content (AvgIpc) is 3.37. The van der Waals surface area contributed by atoms with Crippen molar-refractivity contribution in [3.63, 3.8) is 0 Å². The first kappa shape index (κ1) is 35.1. The van der Waals surface area contributed by atoms with E-state index in [0.717, 1.165) is 43.4 Å². The highest BCUT2D eigenvalue weighted by Crippen LogP contribution is 2.68. The van der Waals surface area contributed by atoms with Crippen LogP contribution in [-0.4, -0.2) is 55.7 Å². The van der Waals surface area contributed by atoms with Gasteiger partial charge in [-0.15, -0.1) is 12.3 Å². The summed E-state index contributed by atoms with van der Waals surface area (Å²) in [5.74, 6) is 6.52. The zero-order valence-corrected chi connectivity index (χ0v) is 27.6. The van der Waals surface area contributed by atoms with Gasteiger partial charge in [0, 0.05) is 11.3 Å². The van der Waals surface area contributed by atoms with E-state index in [1.54, 1.807) is 0 Å². The van der Waals surface area contributed by atoms with Gasteiger partial charge in [-0.05, 0) is 129 Å². The Hall–Kier alpha value is -2.73. The minimum absolute atomic E-state index is 0.0313. The molecule has 0 radical (unpaired) electrons. The van der Waals surface area contributed by atoms with E-state index in [2.05, 4.69) is 47.4 Å². The van der Waals surface area contributed by atoms with Crippen LogP contribution in [0.3, 0.4) is 0 Å². The Bertz CT molecular complexity index is 1130. The highest BCUT2D eigenvalue weighted by Gasteiger charge is 2.60. The van der Waals surface area contributed by atoms with Gasteiger partial charge in [0.15, 0.2) is 0 Å². The van der Waals surface area contributed by atoms with Crippen molar-refractivity contribution < 1.29 is 24.2 Å². The molecule has 10 heteroatoms. The molecule has 4 aliphatic carbocycles. The van der Waals surface area contributed by atoms with Crippen LogP contribution in [0.15, 0.2) is 17.3 Å². The molecular formula is C35H55N5O5. The second-order valence-corrected chi connectivity index (χ2v) is 14.6. The first-order chi connectivity index (χ1) is 21.6. The van der Waals surface area contributed by atoms with Crippen molar-refractivity contribution in [2.24, 2.45) is 51.5 Å². The Kier molecular flexibility index (Phi) is 12.6. The Morgan fingerprint density at radius 3 is 2.64 bits per heavy atom. The summed E-state index contributed by atoms with van der Waals surface area (Å²) >= 11 is 0. The number of hydrogen-bond donors (Lipinski definition) is 3. The zero-order valence-electron chi connectivity index (χ0n) is 27.6. The van der Waals surface area contributed by atoms with Crippen molar-refractivity contribution in [3.8, 4) is 12.3 Å². The van der Waals surface area contributed by atoms with E-state index >= 15 is 0 Å². The second-order valence-electron chi connectivity index (χ2n) is 14.6. The van der Waals surface area contributed by atoms with Gasteiger partial charge in [0.05, 0.1) is 25.9 Å². The first-order valence-corrected chi connectivity index (χ1v) is 17.2. The molecule has 4 rings (SSSR count). The highest BCUT2D eigenvalue weighted by molar-refractivity contribution is 5.88. The maximum atomic E-state index is 12.6. The van der Waals surface area contributed by atoms with E-state index in [9.17, 15) is 14.7 Å². The number of nitrogens with one attached hydrogen (secondary N) is 2. The molecule has 1 unspecified atom stereocenters. The average molecular weight is 626 g/mol. The Morgan fingerprint density at radius 2 is 1.87 bits per heavy atom. The number of aliphatic hydroxyl groups is 1. The monoisotopic (exact) mass is 625 g/mol. The van der Waals surface area contributed by atoms with Crippen LogP contribution in [0.2, 0.25) is 0 Å². The van der Waals surface area contributed by atoms with E-state index in [-0.39, 0.29) is 31.8 Å². The van der Waals surface area contributed by atoms with Gasteiger partial charge in [0.25, 0.3) is 0 Å². The summed E-state index contributed by atoms with van der Waals surface area (Å²) in [5, 5.41) is 19.0. The van der Waals surface area contributed by atoms with Gasteiger partial charge >= 0.3 is 6.09 Å². The van der Waals surface area contributed by atoms with Crippen LogP contribution >= 0.6 is 0 Å². The van der Waals surface area contributed by atoms with Crippen molar-refractivity contribution in [2.45, 2.75) is 110 Å². The van der Waals surface area contributed by atoms with Crippen LogP contribution in [0.4, 0.5) is 4.79 Å². The van der Waals surface area contributed by atoms with Gasteiger partial charge in [-0.1, -0.05) is 32.0 Å². The minimum Gasteiger partial charge on any atom is -0.447 e. The van der Waals surface area contributed by atoms with Crippen LogP contribution < -0.4 is 10.6 Å². The molecule has 45 heavy (non-hydrogen) atoms. The molecule has 10 nitrogen and oxygen atoms in total. The van der Waals surface area contributed by atoms with Gasteiger partial charge in [-0.25, -0.2) is 4.79 Å². The number of fused-ring (bicyclic) bond motifs is 5. The Morgan fingerprint density at radius 1 is 1.09 bits per heavy atom. The van der Waals surface area contributed by atoms with Crippen molar-refractivity contribution in [1.29, 1.82) is 0 Å². The number of carbonyl (C=O) groups is 2. The van der Waals surface area contributed by atoms with E-state index in [1.165, 1.54) is 51.0 Å². The predicted molar refractivity (Wildman–Crippen MR) is 173 cm³/mol. The van der Waals surface area contributed by atoms with E-state index in [4.69, 9.17) is 21.4 Å². The number of carbonyl (C=O) groups excluding carboxylic acids is 2. The van der Waals surface area contributed by atoms with Crippen LogP contribution in [0, 0.1) is 58.7 Å². The third-order valence-corrected chi connectivity index (χ3v) is 12.2. The van der Waals surface area contributed by atoms with Gasteiger partial charge < -0.3 is 25.2 Å². The number of amides is 2. The molecule has 0 saturated heterocycles. The van der Waals surface area contributed by atoms with Crippen molar-refractivity contribution in [1.82, 2.24) is 10.6 Å². The number of terminal acetylenes is 1. The summed E-state index contributed by atoms with van der Waals surface area (Å²) in [7, 11) is 0. The molecule has 0 aromatic rings. The number of alkyl carbamates (subject to hydrolysis) is 1. The molecule has 250 valence electrons. The summed E-state index contributed by atoms with van der Waals surface area (Å²) < 4.78 is 10.3. The Balaban J connectivity index is 1.22. The number of ether oxygens (including phenoxy) is 2. The standard InChI is InChI=1S/C35H55N5O5/c1-5-6-19-44-20-21-45-33(43)39-31(23-37-40-36)38-32(42)10-8-7-9-24(2)28-13-14-29-27-12-11-25-22-26(41)15-17-34(25,3)30(27)16-18-35(28,29)4/h1,8,10,24-31,41H,6-7,9,11-23H2,2-4H3,(H,38,42)(H,39,43)/t24-,25-,26-,27+,28-,29+,30+,31?,34+,35-/m1/s1. The van der Waals surface area contributed by atoms with E-state index in [0.29, 0.717) is 41.6 Å². The molecule has 0 bridgehead atoms. The number of azide groups is 1. The third kappa shape index (κ3) is 8.55. The van der Waals surface area contributed by atoms with E-state index in [1.807, 2.05) is 6.08 Å². The maximum absolute atomic E-state index is 12.6. The van der Waals surface area contributed by atoms with Gasteiger partial charge in [-0.2, -0.15) is 0 Å². The minimum atomic E-state index is -0.895. The largest absolute Gasteiger partial charge is 0.447 e. The zero-order chi connectivity index (χ0) is 32.5. The highest BCUT2D eigenvalue weighted by atomic mass is 16.6. The predicted octanol–water partition coefficient (Wildman–Crippen LogP) is 6.50. The number of aliphatic hydroxyl groups excluding tert-OH is 1. The lowest BCUT2D eigenvalue weighted by atomic mass is 9.44. The molecule has 2 amide bonds. The molecule has 4 saturated carbocycles. The lowest BCUT2D eigenvalue weighted by Gasteiger charge is -2.61. The van der Waals surface area contributed by atoms with Crippen molar-refractivity contribution in [3.05, 3.63) is 22.6 Å². The molecule has 0 spiro atoms. The lowest BCUT2D eigenvalue weighted by Crippen LogP contribution is -2.54. The molecule has 0 aromatic heterocycles. The van der Waals surface area contributed by atoms with Gasteiger partial charge in [0.1, 0.15) is 12.8 Å². The van der Waals surface area contributed by atoms with Crippen LogP contribution in [0.25, 0.3) is 10.4 Å². The molecule has 0 aliphatic heterocycles. The lowest BCUT2D eigenvalue weighted by molar-refractivity contribution is -0.129. The number of allylic oxidation sites excluding steroid dienone is 1.